The third-order valence-corrected chi connectivity index (χ3v) is 6.09. The quantitative estimate of drug-likeness (QED) is 0.402. The SMILES string of the molecule is CCCCN(CC(=O)N(Cc1ccccc1)Cc1cccs1)C(=O)c1ccccc1OC. The van der Waals surface area contributed by atoms with Crippen molar-refractivity contribution >= 4 is 23.2 Å². The average molecular weight is 451 g/mol. The molecular formula is C26H30N2O3S. The molecule has 0 spiro atoms. The maximum Gasteiger partial charge on any atom is 0.258 e. The van der Waals surface area contributed by atoms with Gasteiger partial charge in [-0.3, -0.25) is 9.59 Å². The summed E-state index contributed by atoms with van der Waals surface area (Å²) in [5.74, 6) is 0.271. The lowest BCUT2D eigenvalue weighted by Crippen LogP contribution is -2.43. The van der Waals surface area contributed by atoms with E-state index in [0.29, 0.717) is 30.9 Å². The fourth-order valence-electron chi connectivity index (χ4n) is 3.48. The molecule has 0 aliphatic rings. The Balaban J connectivity index is 1.81. The van der Waals surface area contributed by atoms with Gasteiger partial charge in [0.2, 0.25) is 5.91 Å². The Morgan fingerprint density at radius 3 is 2.34 bits per heavy atom. The molecule has 0 aliphatic carbocycles. The number of carbonyl (C=O) groups excluding carboxylic acids is 2. The van der Waals surface area contributed by atoms with Crippen molar-refractivity contribution in [1.82, 2.24) is 9.80 Å². The number of benzene rings is 2. The highest BCUT2D eigenvalue weighted by Crippen LogP contribution is 2.21. The summed E-state index contributed by atoms with van der Waals surface area (Å²) in [6.07, 6.45) is 1.77. The van der Waals surface area contributed by atoms with Crippen LogP contribution in [0.3, 0.4) is 0 Å². The minimum atomic E-state index is -0.181. The van der Waals surface area contributed by atoms with Crippen LogP contribution in [0.4, 0.5) is 0 Å². The van der Waals surface area contributed by atoms with Crippen LogP contribution in [0.1, 0.15) is 40.6 Å². The minimum absolute atomic E-state index is 0.0368. The molecule has 2 amide bonds. The summed E-state index contributed by atoms with van der Waals surface area (Å²) in [7, 11) is 1.55. The Morgan fingerprint density at radius 2 is 1.66 bits per heavy atom. The maximum atomic E-state index is 13.4. The minimum Gasteiger partial charge on any atom is -0.496 e. The first kappa shape index (κ1) is 23.5. The maximum absolute atomic E-state index is 13.4. The van der Waals surface area contributed by atoms with Crippen LogP contribution in [0.25, 0.3) is 0 Å². The molecule has 0 unspecified atom stereocenters. The first-order valence-electron chi connectivity index (χ1n) is 10.9. The number of hydrogen-bond donors (Lipinski definition) is 0. The number of amides is 2. The molecule has 3 aromatic rings. The van der Waals surface area contributed by atoms with Gasteiger partial charge in [-0.15, -0.1) is 11.3 Å². The molecule has 0 fully saturated rings. The Kier molecular flexibility index (Phi) is 8.87. The summed E-state index contributed by atoms with van der Waals surface area (Å²) in [6.45, 7) is 3.66. The fraction of sp³-hybridized carbons (Fsp3) is 0.308. The van der Waals surface area contributed by atoms with Gasteiger partial charge in [0.25, 0.3) is 5.91 Å². The Labute approximate surface area is 194 Å². The van der Waals surface area contributed by atoms with Crippen molar-refractivity contribution in [2.75, 3.05) is 20.2 Å². The third-order valence-electron chi connectivity index (χ3n) is 5.23. The number of hydrogen-bond acceptors (Lipinski definition) is 4. The van der Waals surface area contributed by atoms with Gasteiger partial charge in [0.1, 0.15) is 12.3 Å². The van der Waals surface area contributed by atoms with Gasteiger partial charge in [0.05, 0.1) is 19.2 Å². The lowest BCUT2D eigenvalue weighted by Gasteiger charge is -2.28. The highest BCUT2D eigenvalue weighted by atomic mass is 32.1. The van der Waals surface area contributed by atoms with Crippen molar-refractivity contribution < 1.29 is 14.3 Å². The molecule has 3 rings (SSSR count). The summed E-state index contributed by atoms with van der Waals surface area (Å²) in [5, 5.41) is 2.01. The predicted octanol–water partition coefficient (Wildman–Crippen LogP) is 5.23. The van der Waals surface area contributed by atoms with Gasteiger partial charge in [-0.2, -0.15) is 0 Å². The number of unbranched alkanes of at least 4 members (excludes halogenated alkanes) is 1. The summed E-state index contributed by atoms with van der Waals surface area (Å²) >= 11 is 1.63. The summed E-state index contributed by atoms with van der Waals surface area (Å²) in [5.41, 5.74) is 1.54. The van der Waals surface area contributed by atoms with Gasteiger partial charge in [-0.1, -0.05) is 61.9 Å². The highest BCUT2D eigenvalue weighted by Gasteiger charge is 2.24. The normalized spacial score (nSPS) is 10.6. The smallest absolute Gasteiger partial charge is 0.258 e. The Hall–Kier alpha value is -3.12. The summed E-state index contributed by atoms with van der Waals surface area (Å²) in [4.78, 5) is 31.4. The largest absolute Gasteiger partial charge is 0.496 e. The van der Waals surface area contributed by atoms with E-state index in [2.05, 4.69) is 6.92 Å². The van der Waals surface area contributed by atoms with E-state index in [-0.39, 0.29) is 18.4 Å². The van der Waals surface area contributed by atoms with Crippen LogP contribution in [0.15, 0.2) is 72.1 Å². The lowest BCUT2D eigenvalue weighted by atomic mass is 10.1. The van der Waals surface area contributed by atoms with E-state index >= 15 is 0 Å². The molecule has 2 aromatic carbocycles. The molecule has 0 radical (unpaired) electrons. The van der Waals surface area contributed by atoms with Gasteiger partial charge in [0.15, 0.2) is 0 Å². The zero-order chi connectivity index (χ0) is 22.8. The van der Waals surface area contributed by atoms with Crippen LogP contribution in [0.2, 0.25) is 0 Å². The molecule has 0 atom stereocenters. The zero-order valence-electron chi connectivity index (χ0n) is 18.7. The molecular weight excluding hydrogens is 420 g/mol. The van der Waals surface area contributed by atoms with Crippen molar-refractivity contribution in [3.8, 4) is 5.75 Å². The second-order valence-electron chi connectivity index (χ2n) is 7.60. The monoisotopic (exact) mass is 450 g/mol. The second kappa shape index (κ2) is 12.1. The molecule has 32 heavy (non-hydrogen) atoms. The van der Waals surface area contributed by atoms with Crippen LogP contribution in [-0.4, -0.2) is 41.8 Å². The Bertz CT molecular complexity index is 989. The van der Waals surface area contributed by atoms with E-state index in [4.69, 9.17) is 4.74 Å². The molecule has 0 aliphatic heterocycles. The second-order valence-corrected chi connectivity index (χ2v) is 8.63. The first-order chi connectivity index (χ1) is 15.6. The Morgan fingerprint density at radius 1 is 0.906 bits per heavy atom. The van der Waals surface area contributed by atoms with Gasteiger partial charge in [0, 0.05) is 18.0 Å². The number of rotatable bonds is 11. The molecule has 5 nitrogen and oxygen atoms in total. The lowest BCUT2D eigenvalue weighted by molar-refractivity contribution is -0.133. The van der Waals surface area contributed by atoms with E-state index in [1.165, 1.54) is 0 Å². The van der Waals surface area contributed by atoms with Crippen LogP contribution in [0, 0.1) is 0 Å². The average Bonchev–Trinajstić information content (AvgIpc) is 3.34. The molecule has 0 saturated heterocycles. The van der Waals surface area contributed by atoms with E-state index in [1.807, 2.05) is 64.9 Å². The van der Waals surface area contributed by atoms with Crippen molar-refractivity contribution in [1.29, 1.82) is 0 Å². The van der Waals surface area contributed by atoms with Gasteiger partial charge in [-0.05, 0) is 35.6 Å². The number of thiophene rings is 1. The molecule has 1 aromatic heterocycles. The molecule has 0 bridgehead atoms. The fourth-order valence-corrected chi connectivity index (χ4v) is 4.20. The van der Waals surface area contributed by atoms with Gasteiger partial charge < -0.3 is 14.5 Å². The molecule has 0 N–H and O–H groups in total. The number of methoxy groups -OCH3 is 1. The van der Waals surface area contributed by atoms with E-state index in [0.717, 1.165) is 23.3 Å². The number of ether oxygens (including phenoxy) is 1. The van der Waals surface area contributed by atoms with Crippen molar-refractivity contribution in [3.63, 3.8) is 0 Å². The molecule has 0 saturated carbocycles. The van der Waals surface area contributed by atoms with Crippen LogP contribution >= 0.6 is 11.3 Å². The molecule has 6 heteroatoms. The molecule has 1 heterocycles. The number of nitrogens with zero attached hydrogens (tertiary/aromatic N) is 2. The third kappa shape index (κ3) is 6.44. The van der Waals surface area contributed by atoms with Gasteiger partial charge >= 0.3 is 0 Å². The van der Waals surface area contributed by atoms with Crippen molar-refractivity contribution in [2.45, 2.75) is 32.9 Å². The number of para-hydroxylation sites is 1. The first-order valence-corrected chi connectivity index (χ1v) is 11.8. The summed E-state index contributed by atoms with van der Waals surface area (Å²) < 4.78 is 5.38. The predicted molar refractivity (Wildman–Crippen MR) is 129 cm³/mol. The van der Waals surface area contributed by atoms with Crippen LogP contribution < -0.4 is 4.74 Å². The molecule has 168 valence electrons. The number of carbonyl (C=O) groups is 2. The van der Waals surface area contributed by atoms with Crippen molar-refractivity contribution in [3.05, 3.63) is 88.1 Å². The summed E-state index contributed by atoms with van der Waals surface area (Å²) in [6, 6.07) is 21.1. The van der Waals surface area contributed by atoms with E-state index in [9.17, 15) is 9.59 Å². The zero-order valence-corrected chi connectivity index (χ0v) is 19.5. The van der Waals surface area contributed by atoms with Crippen LogP contribution in [0.5, 0.6) is 5.75 Å². The topological polar surface area (TPSA) is 49.9 Å². The van der Waals surface area contributed by atoms with E-state index < -0.39 is 0 Å². The van der Waals surface area contributed by atoms with E-state index in [1.54, 1.807) is 35.5 Å². The van der Waals surface area contributed by atoms with Gasteiger partial charge in [-0.25, -0.2) is 0 Å². The standard InChI is InChI=1S/C26H30N2O3S/c1-3-4-16-27(26(30)23-14-8-9-15-24(23)31-2)20-25(29)28(19-22-13-10-17-32-22)18-21-11-6-5-7-12-21/h5-15,17H,3-4,16,18-20H2,1-2H3. The van der Waals surface area contributed by atoms with Crippen LogP contribution in [-0.2, 0) is 17.9 Å². The van der Waals surface area contributed by atoms with Crippen molar-refractivity contribution in [2.24, 2.45) is 0 Å². The highest BCUT2D eigenvalue weighted by molar-refractivity contribution is 7.09.